The molecule has 0 spiro atoms. The molecule has 1 heterocycles. The number of piperazine rings is 1. The monoisotopic (exact) mass is 370 g/mol. The SMILES string of the molecule is C=CCC[C@H](c1cc(Cl)cc(Cl)c1)N1CCNCC1.Cl.Cl. The van der Waals surface area contributed by atoms with E-state index >= 15 is 0 Å². The van der Waals surface area contributed by atoms with Gasteiger partial charge in [0.2, 0.25) is 0 Å². The van der Waals surface area contributed by atoms with E-state index in [0.717, 1.165) is 39.0 Å². The summed E-state index contributed by atoms with van der Waals surface area (Å²) in [5, 5.41) is 4.80. The van der Waals surface area contributed by atoms with Crippen LogP contribution in [0, 0.1) is 0 Å². The fourth-order valence-corrected chi connectivity index (χ4v) is 3.14. The highest BCUT2D eigenvalue weighted by Crippen LogP contribution is 2.30. The van der Waals surface area contributed by atoms with Crippen molar-refractivity contribution in [1.82, 2.24) is 10.2 Å². The third-order valence-corrected chi connectivity index (χ3v) is 3.94. The van der Waals surface area contributed by atoms with Crippen molar-refractivity contribution >= 4 is 48.0 Å². The minimum absolute atomic E-state index is 0. The first kappa shape index (κ1) is 21.0. The summed E-state index contributed by atoms with van der Waals surface area (Å²) < 4.78 is 0. The van der Waals surface area contributed by atoms with Crippen molar-refractivity contribution in [3.05, 3.63) is 46.5 Å². The Morgan fingerprint density at radius 1 is 1.14 bits per heavy atom. The van der Waals surface area contributed by atoms with Gasteiger partial charge in [0.25, 0.3) is 0 Å². The van der Waals surface area contributed by atoms with Crippen LogP contribution in [0.3, 0.4) is 0 Å². The molecule has 1 aliphatic heterocycles. The minimum Gasteiger partial charge on any atom is -0.314 e. The number of hydrogen-bond acceptors (Lipinski definition) is 2. The summed E-state index contributed by atoms with van der Waals surface area (Å²) >= 11 is 12.3. The highest BCUT2D eigenvalue weighted by Gasteiger charge is 2.22. The molecule has 1 N–H and O–H groups in total. The van der Waals surface area contributed by atoms with Crippen molar-refractivity contribution in [2.75, 3.05) is 26.2 Å². The highest BCUT2D eigenvalue weighted by atomic mass is 35.5. The van der Waals surface area contributed by atoms with Gasteiger partial charge in [-0.05, 0) is 36.6 Å². The molecule has 2 nitrogen and oxygen atoms in total. The topological polar surface area (TPSA) is 15.3 Å². The first-order valence-electron chi connectivity index (χ1n) is 6.72. The summed E-state index contributed by atoms with van der Waals surface area (Å²) in [5.41, 5.74) is 1.21. The average Bonchev–Trinajstić information content (AvgIpc) is 2.39. The van der Waals surface area contributed by atoms with E-state index in [1.54, 1.807) is 6.07 Å². The first-order valence-corrected chi connectivity index (χ1v) is 7.48. The summed E-state index contributed by atoms with van der Waals surface area (Å²) in [4.78, 5) is 2.50. The van der Waals surface area contributed by atoms with Crippen LogP contribution in [0.25, 0.3) is 0 Å². The zero-order chi connectivity index (χ0) is 13.7. The maximum Gasteiger partial charge on any atom is 0.0424 e. The van der Waals surface area contributed by atoms with Gasteiger partial charge in [0, 0.05) is 42.3 Å². The van der Waals surface area contributed by atoms with Crippen molar-refractivity contribution in [2.24, 2.45) is 0 Å². The molecule has 0 bridgehead atoms. The lowest BCUT2D eigenvalue weighted by Crippen LogP contribution is -2.45. The van der Waals surface area contributed by atoms with Crippen LogP contribution in [0.5, 0.6) is 0 Å². The fraction of sp³-hybridized carbons (Fsp3) is 0.467. The van der Waals surface area contributed by atoms with E-state index in [-0.39, 0.29) is 24.8 Å². The highest BCUT2D eigenvalue weighted by molar-refractivity contribution is 6.34. The summed E-state index contributed by atoms with van der Waals surface area (Å²) in [5.74, 6) is 0. The van der Waals surface area contributed by atoms with Gasteiger partial charge >= 0.3 is 0 Å². The summed E-state index contributed by atoms with van der Waals surface area (Å²) in [7, 11) is 0. The molecule has 1 fully saturated rings. The number of halogens is 4. The normalized spacial score (nSPS) is 16.5. The smallest absolute Gasteiger partial charge is 0.0424 e. The van der Waals surface area contributed by atoms with Crippen LogP contribution in [-0.4, -0.2) is 31.1 Å². The Bertz CT molecular complexity index is 413. The first-order chi connectivity index (χ1) is 9.20. The Kier molecular flexibility index (Phi) is 10.7. The van der Waals surface area contributed by atoms with Gasteiger partial charge < -0.3 is 5.32 Å². The van der Waals surface area contributed by atoms with Gasteiger partial charge in [-0.15, -0.1) is 31.4 Å². The third kappa shape index (κ3) is 6.35. The molecule has 1 aromatic rings. The van der Waals surface area contributed by atoms with Crippen LogP contribution in [0.2, 0.25) is 10.0 Å². The van der Waals surface area contributed by atoms with Crippen molar-refractivity contribution in [3.63, 3.8) is 0 Å². The zero-order valence-electron chi connectivity index (χ0n) is 11.9. The van der Waals surface area contributed by atoms with Gasteiger partial charge in [0.1, 0.15) is 0 Å². The predicted octanol–water partition coefficient (Wildman–Crippen LogP) is 4.75. The van der Waals surface area contributed by atoms with Crippen molar-refractivity contribution in [2.45, 2.75) is 18.9 Å². The van der Waals surface area contributed by atoms with Crippen LogP contribution in [0.1, 0.15) is 24.4 Å². The number of nitrogens with zero attached hydrogens (tertiary/aromatic N) is 1. The van der Waals surface area contributed by atoms with Crippen LogP contribution >= 0.6 is 48.0 Å². The van der Waals surface area contributed by atoms with E-state index in [1.165, 1.54) is 5.56 Å². The molecule has 1 atom stereocenters. The molecule has 1 aliphatic rings. The molecule has 0 radical (unpaired) electrons. The molecule has 1 aromatic carbocycles. The van der Waals surface area contributed by atoms with E-state index in [1.807, 2.05) is 18.2 Å². The molecule has 6 heteroatoms. The number of nitrogens with one attached hydrogen (secondary N) is 1. The second-order valence-corrected chi connectivity index (χ2v) is 5.74. The lowest BCUT2D eigenvalue weighted by molar-refractivity contribution is 0.166. The number of benzene rings is 1. The van der Waals surface area contributed by atoms with Crippen molar-refractivity contribution in [3.8, 4) is 0 Å². The summed E-state index contributed by atoms with van der Waals surface area (Å²) in [6.45, 7) is 8.03. The Hall–Kier alpha value is 0.0400. The van der Waals surface area contributed by atoms with E-state index in [4.69, 9.17) is 23.2 Å². The number of allylic oxidation sites excluding steroid dienone is 1. The van der Waals surface area contributed by atoms with Crippen LogP contribution in [0.4, 0.5) is 0 Å². The molecule has 0 amide bonds. The standard InChI is InChI=1S/C15H20Cl2N2.2ClH/c1-2-3-4-15(19-7-5-18-6-8-19)12-9-13(16)11-14(17)10-12;;/h2,9-11,15,18H,1,3-8H2;2*1H/t15-;;/m1../s1. The van der Waals surface area contributed by atoms with Gasteiger partial charge in [-0.25, -0.2) is 0 Å². The second kappa shape index (κ2) is 10.7. The van der Waals surface area contributed by atoms with Crippen LogP contribution in [-0.2, 0) is 0 Å². The van der Waals surface area contributed by atoms with Crippen LogP contribution < -0.4 is 5.32 Å². The van der Waals surface area contributed by atoms with Gasteiger partial charge in [0.15, 0.2) is 0 Å². The van der Waals surface area contributed by atoms with Crippen molar-refractivity contribution in [1.29, 1.82) is 0 Å². The molecule has 0 unspecified atom stereocenters. The molecular weight excluding hydrogens is 350 g/mol. The molecule has 0 saturated carbocycles. The lowest BCUT2D eigenvalue weighted by atomic mass is 9.99. The quantitative estimate of drug-likeness (QED) is 0.751. The maximum atomic E-state index is 6.13. The average molecular weight is 372 g/mol. The predicted molar refractivity (Wildman–Crippen MR) is 97.6 cm³/mol. The zero-order valence-corrected chi connectivity index (χ0v) is 15.0. The minimum atomic E-state index is 0. The fourth-order valence-electron chi connectivity index (χ4n) is 2.60. The Labute approximate surface area is 149 Å². The van der Waals surface area contributed by atoms with Gasteiger partial charge in [-0.2, -0.15) is 0 Å². The van der Waals surface area contributed by atoms with Gasteiger partial charge in [0.05, 0.1) is 0 Å². The van der Waals surface area contributed by atoms with E-state index < -0.39 is 0 Å². The molecule has 2 rings (SSSR count). The van der Waals surface area contributed by atoms with Gasteiger partial charge in [-0.3, -0.25) is 4.90 Å². The Morgan fingerprint density at radius 3 is 2.24 bits per heavy atom. The molecule has 21 heavy (non-hydrogen) atoms. The summed E-state index contributed by atoms with van der Waals surface area (Å²) in [6, 6.07) is 6.22. The second-order valence-electron chi connectivity index (χ2n) is 4.87. The van der Waals surface area contributed by atoms with E-state index in [9.17, 15) is 0 Å². The van der Waals surface area contributed by atoms with E-state index in [0.29, 0.717) is 16.1 Å². The van der Waals surface area contributed by atoms with Crippen LogP contribution in [0.15, 0.2) is 30.9 Å². The molecule has 0 aliphatic carbocycles. The number of hydrogen-bond donors (Lipinski definition) is 1. The summed E-state index contributed by atoms with van der Waals surface area (Å²) in [6.07, 6.45) is 4.03. The third-order valence-electron chi connectivity index (χ3n) is 3.51. The van der Waals surface area contributed by atoms with E-state index in [2.05, 4.69) is 16.8 Å². The lowest BCUT2D eigenvalue weighted by Gasteiger charge is -2.35. The molecule has 0 aromatic heterocycles. The van der Waals surface area contributed by atoms with Gasteiger partial charge in [-0.1, -0.05) is 29.3 Å². The van der Waals surface area contributed by atoms with Crippen molar-refractivity contribution < 1.29 is 0 Å². The Balaban J connectivity index is 0.00000200. The largest absolute Gasteiger partial charge is 0.314 e. The molecule has 1 saturated heterocycles. The molecule has 120 valence electrons. The number of rotatable bonds is 5. The molecular formula is C15H22Cl4N2. The maximum absolute atomic E-state index is 6.13. The Morgan fingerprint density at radius 2 is 1.71 bits per heavy atom.